The van der Waals surface area contributed by atoms with Gasteiger partial charge in [0.1, 0.15) is 0 Å². The third-order valence-electron chi connectivity index (χ3n) is 1.82. The lowest BCUT2D eigenvalue weighted by molar-refractivity contribution is 0.0957. The summed E-state index contributed by atoms with van der Waals surface area (Å²) in [5.74, 6) is 6.52. The normalized spacial score (nSPS) is 11.5. The van der Waals surface area contributed by atoms with Gasteiger partial charge in [0.05, 0.1) is 4.88 Å². The maximum atomic E-state index is 11.4. The van der Waals surface area contributed by atoms with Crippen molar-refractivity contribution in [3.63, 3.8) is 0 Å². The molecule has 0 bridgehead atoms. The van der Waals surface area contributed by atoms with Gasteiger partial charge in [0.2, 0.25) is 0 Å². The molecular formula is C10H17N3OS2. The second kappa shape index (κ2) is 5.67. The number of nitrogens with two attached hydrogens (primary N) is 2. The number of carbonyl (C=O) groups excluding carboxylic acids is 1. The maximum absolute atomic E-state index is 11.4. The molecule has 0 fully saturated rings. The number of amides is 1. The summed E-state index contributed by atoms with van der Waals surface area (Å²) >= 11 is 3.12. The van der Waals surface area contributed by atoms with E-state index in [1.165, 1.54) is 11.3 Å². The number of hydrazine groups is 1. The van der Waals surface area contributed by atoms with Crippen LogP contribution in [0.2, 0.25) is 0 Å². The molecule has 6 heteroatoms. The molecule has 1 aromatic rings. The zero-order valence-electron chi connectivity index (χ0n) is 9.45. The molecule has 0 saturated heterocycles. The highest BCUT2D eigenvalue weighted by Crippen LogP contribution is 2.23. The van der Waals surface area contributed by atoms with Crippen molar-refractivity contribution in [1.82, 2.24) is 5.43 Å². The van der Waals surface area contributed by atoms with Crippen molar-refractivity contribution >= 4 is 29.0 Å². The lowest BCUT2D eigenvalue weighted by atomic mass is 10.1. The third-order valence-corrected chi connectivity index (χ3v) is 4.23. The summed E-state index contributed by atoms with van der Waals surface area (Å²) in [6, 6.07) is 1.95. The van der Waals surface area contributed by atoms with E-state index >= 15 is 0 Å². The van der Waals surface area contributed by atoms with Crippen molar-refractivity contribution in [2.75, 3.05) is 5.75 Å². The van der Waals surface area contributed by atoms with Crippen molar-refractivity contribution in [2.45, 2.75) is 25.1 Å². The summed E-state index contributed by atoms with van der Waals surface area (Å²) in [6.07, 6.45) is 0. The summed E-state index contributed by atoms with van der Waals surface area (Å²) in [7, 11) is 0. The zero-order valence-corrected chi connectivity index (χ0v) is 11.1. The first-order chi connectivity index (χ1) is 7.44. The number of thioether (sulfide) groups is 1. The Morgan fingerprint density at radius 2 is 2.31 bits per heavy atom. The molecule has 0 saturated carbocycles. The first kappa shape index (κ1) is 13.5. The van der Waals surface area contributed by atoms with Gasteiger partial charge in [-0.25, -0.2) is 5.84 Å². The fourth-order valence-corrected chi connectivity index (χ4v) is 3.14. The summed E-state index contributed by atoms with van der Waals surface area (Å²) < 4.78 is 0. The van der Waals surface area contributed by atoms with E-state index in [2.05, 4.69) is 5.43 Å². The molecule has 0 aliphatic carbocycles. The molecule has 0 aliphatic heterocycles. The number of carbonyl (C=O) groups is 1. The van der Waals surface area contributed by atoms with E-state index in [0.29, 0.717) is 4.88 Å². The van der Waals surface area contributed by atoms with Crippen LogP contribution in [-0.4, -0.2) is 17.2 Å². The Hall–Kier alpha value is -0.560. The summed E-state index contributed by atoms with van der Waals surface area (Å²) in [6.45, 7) is 3.97. The number of thiophene rings is 1. The number of hydrogen-bond donors (Lipinski definition) is 3. The molecule has 5 N–H and O–H groups in total. The van der Waals surface area contributed by atoms with Crippen molar-refractivity contribution in [3.8, 4) is 0 Å². The van der Waals surface area contributed by atoms with E-state index in [9.17, 15) is 4.79 Å². The van der Waals surface area contributed by atoms with Gasteiger partial charge in [-0.05, 0) is 30.9 Å². The molecule has 0 radical (unpaired) electrons. The first-order valence-electron chi connectivity index (χ1n) is 4.88. The Kier molecular flexibility index (Phi) is 4.79. The molecule has 0 spiro atoms. The van der Waals surface area contributed by atoms with Crippen LogP contribution in [0.25, 0.3) is 0 Å². The molecule has 1 rings (SSSR count). The topological polar surface area (TPSA) is 81.1 Å². The van der Waals surface area contributed by atoms with Crippen molar-refractivity contribution in [3.05, 3.63) is 21.9 Å². The molecule has 1 aromatic heterocycles. The zero-order chi connectivity index (χ0) is 12.2. The fraction of sp³-hybridized carbons (Fsp3) is 0.500. The van der Waals surface area contributed by atoms with Gasteiger partial charge in [-0.2, -0.15) is 11.8 Å². The van der Waals surface area contributed by atoms with Crippen LogP contribution < -0.4 is 17.0 Å². The average molecular weight is 259 g/mol. The lowest BCUT2D eigenvalue weighted by Crippen LogP contribution is -2.34. The number of hydrogen-bond acceptors (Lipinski definition) is 5. The Bertz CT molecular complexity index is 357. The minimum absolute atomic E-state index is 0.184. The van der Waals surface area contributed by atoms with Crippen LogP contribution in [0, 0.1) is 0 Å². The molecule has 4 nitrogen and oxygen atoms in total. The first-order valence-corrected chi connectivity index (χ1v) is 6.91. The van der Waals surface area contributed by atoms with Gasteiger partial charge in [0.25, 0.3) is 5.91 Å². The molecule has 90 valence electrons. The minimum atomic E-state index is -0.224. The quantitative estimate of drug-likeness (QED) is 0.423. The second-order valence-electron chi connectivity index (χ2n) is 4.23. The van der Waals surface area contributed by atoms with E-state index in [-0.39, 0.29) is 11.4 Å². The van der Waals surface area contributed by atoms with Crippen LogP contribution in [0.15, 0.2) is 11.4 Å². The molecule has 0 atom stereocenters. The molecule has 1 heterocycles. The van der Waals surface area contributed by atoms with E-state index in [1.54, 1.807) is 11.8 Å². The monoisotopic (exact) mass is 259 g/mol. The van der Waals surface area contributed by atoms with E-state index < -0.39 is 0 Å². The SMILES string of the molecule is CC(C)(N)CSCc1ccsc1C(=O)NN. The highest BCUT2D eigenvalue weighted by Gasteiger charge is 2.14. The minimum Gasteiger partial charge on any atom is -0.325 e. The van der Waals surface area contributed by atoms with Gasteiger partial charge in [0.15, 0.2) is 0 Å². The predicted molar refractivity (Wildman–Crippen MR) is 70.4 cm³/mol. The lowest BCUT2D eigenvalue weighted by Gasteiger charge is -2.17. The van der Waals surface area contributed by atoms with Crippen LogP contribution in [0.4, 0.5) is 0 Å². The number of nitrogens with one attached hydrogen (secondary N) is 1. The Morgan fingerprint density at radius 1 is 1.62 bits per heavy atom. The highest BCUT2D eigenvalue weighted by molar-refractivity contribution is 7.98. The van der Waals surface area contributed by atoms with Gasteiger partial charge < -0.3 is 5.73 Å². The van der Waals surface area contributed by atoms with E-state index in [0.717, 1.165) is 17.1 Å². The Morgan fingerprint density at radius 3 is 2.88 bits per heavy atom. The van der Waals surface area contributed by atoms with E-state index in [4.69, 9.17) is 11.6 Å². The third kappa shape index (κ3) is 4.13. The fourth-order valence-electron chi connectivity index (χ4n) is 1.14. The molecule has 0 unspecified atom stereocenters. The number of nitrogen functional groups attached to an aromatic ring is 1. The molecule has 0 aromatic carbocycles. The summed E-state index contributed by atoms with van der Waals surface area (Å²) in [4.78, 5) is 12.1. The number of rotatable bonds is 5. The van der Waals surface area contributed by atoms with Crippen LogP contribution in [0.5, 0.6) is 0 Å². The highest BCUT2D eigenvalue weighted by atomic mass is 32.2. The average Bonchev–Trinajstić information content (AvgIpc) is 2.63. The standard InChI is InChI=1S/C10H17N3OS2/c1-10(2,11)6-15-5-7-3-4-16-8(7)9(14)13-12/h3-4H,5-6,11-12H2,1-2H3,(H,13,14). The summed E-state index contributed by atoms with van der Waals surface area (Å²) in [5, 5.41) is 1.90. The van der Waals surface area contributed by atoms with Gasteiger partial charge in [0, 0.05) is 17.0 Å². The van der Waals surface area contributed by atoms with Crippen LogP contribution in [0.1, 0.15) is 29.1 Å². The second-order valence-corrected chi connectivity index (χ2v) is 6.13. The molecule has 1 amide bonds. The van der Waals surface area contributed by atoms with Gasteiger partial charge in [-0.1, -0.05) is 0 Å². The Labute approximate surface area is 104 Å². The van der Waals surface area contributed by atoms with Crippen LogP contribution in [0.3, 0.4) is 0 Å². The van der Waals surface area contributed by atoms with Gasteiger partial charge in [-0.3, -0.25) is 10.2 Å². The largest absolute Gasteiger partial charge is 0.325 e. The molecule has 16 heavy (non-hydrogen) atoms. The maximum Gasteiger partial charge on any atom is 0.275 e. The van der Waals surface area contributed by atoms with Crippen LogP contribution in [-0.2, 0) is 5.75 Å². The smallest absolute Gasteiger partial charge is 0.275 e. The van der Waals surface area contributed by atoms with Gasteiger partial charge in [-0.15, -0.1) is 11.3 Å². The van der Waals surface area contributed by atoms with Crippen molar-refractivity contribution < 1.29 is 4.79 Å². The van der Waals surface area contributed by atoms with Crippen molar-refractivity contribution in [2.24, 2.45) is 11.6 Å². The summed E-state index contributed by atoms with van der Waals surface area (Å²) in [5.41, 5.74) is 8.87. The predicted octanol–water partition coefficient (Wildman–Crippen LogP) is 1.32. The van der Waals surface area contributed by atoms with E-state index in [1.807, 2.05) is 25.3 Å². The van der Waals surface area contributed by atoms with Gasteiger partial charge >= 0.3 is 0 Å². The molecular weight excluding hydrogens is 242 g/mol. The molecule has 0 aliphatic rings. The Balaban J connectivity index is 2.55. The van der Waals surface area contributed by atoms with Crippen molar-refractivity contribution in [1.29, 1.82) is 0 Å². The van der Waals surface area contributed by atoms with Crippen LogP contribution >= 0.6 is 23.1 Å².